The SMILES string of the molecule is C[C@H]1N(C)CCC12CCC2. The van der Waals surface area contributed by atoms with Gasteiger partial charge >= 0.3 is 0 Å². The van der Waals surface area contributed by atoms with Crippen molar-refractivity contribution in [1.82, 2.24) is 4.90 Å². The third kappa shape index (κ3) is 0.672. The van der Waals surface area contributed by atoms with E-state index < -0.39 is 0 Å². The highest BCUT2D eigenvalue weighted by Gasteiger charge is 2.47. The summed E-state index contributed by atoms with van der Waals surface area (Å²) >= 11 is 0. The summed E-state index contributed by atoms with van der Waals surface area (Å²) in [5.74, 6) is 0. The minimum atomic E-state index is 0.773. The van der Waals surface area contributed by atoms with Gasteiger partial charge in [0, 0.05) is 6.04 Å². The second-order valence-corrected chi connectivity index (χ2v) is 4.12. The van der Waals surface area contributed by atoms with Gasteiger partial charge in [-0.05, 0) is 45.2 Å². The van der Waals surface area contributed by atoms with Crippen LogP contribution in [0, 0.1) is 5.41 Å². The summed E-state index contributed by atoms with van der Waals surface area (Å²) in [5.41, 5.74) is 0.773. The van der Waals surface area contributed by atoms with Crippen molar-refractivity contribution in [3.63, 3.8) is 0 Å². The van der Waals surface area contributed by atoms with E-state index in [1.54, 1.807) is 0 Å². The van der Waals surface area contributed by atoms with Crippen LogP contribution in [0.25, 0.3) is 0 Å². The normalized spacial score (nSPS) is 38.4. The summed E-state index contributed by atoms with van der Waals surface area (Å²) in [4.78, 5) is 2.51. The van der Waals surface area contributed by atoms with Gasteiger partial charge in [0.1, 0.15) is 0 Å². The van der Waals surface area contributed by atoms with Crippen LogP contribution < -0.4 is 0 Å². The molecule has 58 valence electrons. The lowest BCUT2D eigenvalue weighted by atomic mass is 9.64. The third-order valence-corrected chi connectivity index (χ3v) is 3.86. The van der Waals surface area contributed by atoms with Gasteiger partial charge in [-0.3, -0.25) is 0 Å². The molecule has 0 N–H and O–H groups in total. The van der Waals surface area contributed by atoms with Crippen molar-refractivity contribution >= 4 is 0 Å². The molecule has 1 heteroatoms. The van der Waals surface area contributed by atoms with Crippen LogP contribution in [-0.4, -0.2) is 24.5 Å². The number of nitrogens with zero attached hydrogens (tertiary/aromatic N) is 1. The minimum absolute atomic E-state index is 0.773. The molecule has 1 heterocycles. The Kier molecular flexibility index (Phi) is 1.31. The Balaban J connectivity index is 2.10. The Morgan fingerprint density at radius 2 is 2.00 bits per heavy atom. The molecule has 0 aromatic carbocycles. The van der Waals surface area contributed by atoms with E-state index in [1.807, 2.05) is 0 Å². The molecule has 1 atom stereocenters. The largest absolute Gasteiger partial charge is 0.303 e. The fourth-order valence-electron chi connectivity index (χ4n) is 2.57. The highest BCUT2D eigenvalue weighted by atomic mass is 15.2. The monoisotopic (exact) mass is 139 g/mol. The maximum atomic E-state index is 2.51. The van der Waals surface area contributed by atoms with E-state index in [-0.39, 0.29) is 0 Å². The van der Waals surface area contributed by atoms with E-state index in [2.05, 4.69) is 18.9 Å². The van der Waals surface area contributed by atoms with E-state index in [4.69, 9.17) is 0 Å². The topological polar surface area (TPSA) is 3.24 Å². The lowest BCUT2D eigenvalue weighted by molar-refractivity contribution is 0.0896. The molecule has 1 saturated carbocycles. The fraction of sp³-hybridized carbons (Fsp3) is 1.00. The van der Waals surface area contributed by atoms with Crippen LogP contribution in [0.15, 0.2) is 0 Å². The Morgan fingerprint density at radius 3 is 2.20 bits per heavy atom. The van der Waals surface area contributed by atoms with Crippen LogP contribution in [0.1, 0.15) is 32.6 Å². The fourth-order valence-corrected chi connectivity index (χ4v) is 2.57. The van der Waals surface area contributed by atoms with Gasteiger partial charge in [0.05, 0.1) is 0 Å². The number of hydrogen-bond donors (Lipinski definition) is 0. The summed E-state index contributed by atoms with van der Waals surface area (Å²) in [7, 11) is 2.26. The second kappa shape index (κ2) is 1.97. The molecule has 0 amide bonds. The first-order chi connectivity index (χ1) is 4.75. The van der Waals surface area contributed by atoms with Gasteiger partial charge in [0.25, 0.3) is 0 Å². The number of hydrogen-bond acceptors (Lipinski definition) is 1. The molecule has 0 unspecified atom stereocenters. The van der Waals surface area contributed by atoms with Gasteiger partial charge in [-0.25, -0.2) is 0 Å². The molecule has 2 fully saturated rings. The summed E-state index contributed by atoms with van der Waals surface area (Å²) < 4.78 is 0. The predicted octanol–water partition coefficient (Wildman–Crippen LogP) is 1.88. The zero-order chi connectivity index (χ0) is 7.19. The smallest absolute Gasteiger partial charge is 0.0121 e. The summed E-state index contributed by atoms with van der Waals surface area (Å²) in [6, 6.07) is 0.862. The Bertz CT molecular complexity index is 138. The highest BCUT2D eigenvalue weighted by Crippen LogP contribution is 2.51. The van der Waals surface area contributed by atoms with E-state index in [9.17, 15) is 0 Å². The van der Waals surface area contributed by atoms with Crippen molar-refractivity contribution in [1.29, 1.82) is 0 Å². The standard InChI is InChI=1S/C9H17N/c1-8-9(4-3-5-9)6-7-10(8)2/h8H,3-7H2,1-2H3/t8-/m1/s1. The van der Waals surface area contributed by atoms with E-state index in [1.165, 1.54) is 32.2 Å². The molecule has 0 bridgehead atoms. The molecule has 2 aliphatic rings. The van der Waals surface area contributed by atoms with Crippen LogP contribution in [0.2, 0.25) is 0 Å². The van der Waals surface area contributed by atoms with Crippen LogP contribution in [0.4, 0.5) is 0 Å². The van der Waals surface area contributed by atoms with Gasteiger partial charge in [0.15, 0.2) is 0 Å². The van der Waals surface area contributed by atoms with E-state index in [0.29, 0.717) is 0 Å². The zero-order valence-corrected chi connectivity index (χ0v) is 7.06. The quantitative estimate of drug-likeness (QED) is 0.495. The third-order valence-electron chi connectivity index (χ3n) is 3.86. The lowest BCUT2D eigenvalue weighted by Crippen LogP contribution is -2.40. The summed E-state index contributed by atoms with van der Waals surface area (Å²) in [6.07, 6.45) is 5.94. The van der Waals surface area contributed by atoms with Crippen molar-refractivity contribution in [3.8, 4) is 0 Å². The van der Waals surface area contributed by atoms with Crippen molar-refractivity contribution in [2.75, 3.05) is 13.6 Å². The average Bonchev–Trinajstić information content (AvgIpc) is 2.10. The Morgan fingerprint density at radius 1 is 1.30 bits per heavy atom. The van der Waals surface area contributed by atoms with Gasteiger partial charge < -0.3 is 4.90 Å². The maximum absolute atomic E-state index is 2.51. The molecule has 1 aliphatic heterocycles. The second-order valence-electron chi connectivity index (χ2n) is 4.12. The molecule has 0 radical (unpaired) electrons. The van der Waals surface area contributed by atoms with Crippen LogP contribution >= 0.6 is 0 Å². The molecule has 2 rings (SSSR count). The molecule has 0 aromatic heterocycles. The highest BCUT2D eigenvalue weighted by molar-refractivity contribution is 5.00. The summed E-state index contributed by atoms with van der Waals surface area (Å²) in [5, 5.41) is 0. The molecule has 1 spiro atoms. The number of likely N-dealkylation sites (tertiary alicyclic amines) is 1. The Hall–Kier alpha value is -0.0400. The molecule has 10 heavy (non-hydrogen) atoms. The number of rotatable bonds is 0. The molecule has 1 nitrogen and oxygen atoms in total. The summed E-state index contributed by atoms with van der Waals surface area (Å²) in [6.45, 7) is 3.73. The first-order valence-electron chi connectivity index (χ1n) is 4.45. The van der Waals surface area contributed by atoms with E-state index >= 15 is 0 Å². The van der Waals surface area contributed by atoms with Gasteiger partial charge in [0.2, 0.25) is 0 Å². The van der Waals surface area contributed by atoms with Gasteiger partial charge in [-0.1, -0.05) is 6.42 Å². The zero-order valence-electron chi connectivity index (χ0n) is 7.06. The van der Waals surface area contributed by atoms with Gasteiger partial charge in [-0.15, -0.1) is 0 Å². The van der Waals surface area contributed by atoms with Crippen LogP contribution in [-0.2, 0) is 0 Å². The van der Waals surface area contributed by atoms with Crippen molar-refractivity contribution in [2.45, 2.75) is 38.6 Å². The lowest BCUT2D eigenvalue weighted by Gasteiger charge is -2.43. The maximum Gasteiger partial charge on any atom is 0.0121 e. The molecule has 0 aromatic rings. The van der Waals surface area contributed by atoms with Crippen molar-refractivity contribution in [2.24, 2.45) is 5.41 Å². The molecule has 1 saturated heterocycles. The van der Waals surface area contributed by atoms with Crippen molar-refractivity contribution in [3.05, 3.63) is 0 Å². The molecular weight excluding hydrogens is 122 g/mol. The van der Waals surface area contributed by atoms with Crippen LogP contribution in [0.3, 0.4) is 0 Å². The van der Waals surface area contributed by atoms with E-state index in [0.717, 1.165) is 11.5 Å². The minimum Gasteiger partial charge on any atom is -0.303 e. The van der Waals surface area contributed by atoms with Gasteiger partial charge in [-0.2, -0.15) is 0 Å². The first-order valence-corrected chi connectivity index (χ1v) is 4.45. The average molecular weight is 139 g/mol. The first kappa shape index (κ1) is 6.66. The molecular formula is C9H17N. The predicted molar refractivity (Wildman–Crippen MR) is 43.0 cm³/mol. The van der Waals surface area contributed by atoms with Crippen LogP contribution in [0.5, 0.6) is 0 Å². The molecule has 1 aliphatic carbocycles. The Labute approximate surface area is 63.4 Å². The van der Waals surface area contributed by atoms with Crippen molar-refractivity contribution < 1.29 is 0 Å².